The third kappa shape index (κ3) is 3.66. The number of rotatable bonds is 5. The lowest BCUT2D eigenvalue weighted by atomic mass is 9.80. The topological polar surface area (TPSA) is 95.6 Å². The van der Waals surface area contributed by atoms with Gasteiger partial charge in [-0.05, 0) is 29.5 Å². The van der Waals surface area contributed by atoms with Gasteiger partial charge in [-0.1, -0.05) is 39.8 Å². The van der Waals surface area contributed by atoms with Crippen LogP contribution in [0.4, 0.5) is 0 Å². The second-order valence-corrected chi connectivity index (χ2v) is 8.45. The lowest BCUT2D eigenvalue weighted by Crippen LogP contribution is -2.52. The van der Waals surface area contributed by atoms with Crippen molar-refractivity contribution < 1.29 is 19.2 Å². The highest BCUT2D eigenvalue weighted by Gasteiger charge is 2.39. The van der Waals surface area contributed by atoms with Crippen molar-refractivity contribution in [3.63, 3.8) is 0 Å². The molecule has 0 spiro atoms. The first-order valence-electron chi connectivity index (χ1n) is 9.66. The molecule has 2 heterocycles. The van der Waals surface area contributed by atoms with E-state index in [4.69, 9.17) is 0 Å². The molecule has 2 N–H and O–H groups in total. The average Bonchev–Trinajstić information content (AvgIpc) is 2.95. The zero-order valence-corrected chi connectivity index (χ0v) is 16.8. The van der Waals surface area contributed by atoms with Crippen molar-refractivity contribution in [1.82, 2.24) is 15.5 Å². The van der Waals surface area contributed by atoms with Gasteiger partial charge < -0.3 is 10.2 Å². The van der Waals surface area contributed by atoms with Crippen LogP contribution in [0.5, 0.6) is 0 Å². The number of carbonyl (C=O) groups is 4. The van der Waals surface area contributed by atoms with Gasteiger partial charge in [-0.25, -0.2) is 0 Å². The van der Waals surface area contributed by atoms with Gasteiger partial charge >= 0.3 is 0 Å². The highest BCUT2D eigenvalue weighted by molar-refractivity contribution is 6.05. The quantitative estimate of drug-likeness (QED) is 0.755. The maximum atomic E-state index is 12.8. The predicted molar refractivity (Wildman–Crippen MR) is 103 cm³/mol. The Kier molecular flexibility index (Phi) is 5.28. The number of amides is 4. The van der Waals surface area contributed by atoms with Gasteiger partial charge in [0, 0.05) is 30.5 Å². The number of nitrogens with zero attached hydrogens (tertiary/aromatic N) is 1. The molecular formula is C21H27N3O4. The number of benzene rings is 1. The smallest absolute Gasteiger partial charge is 0.255 e. The van der Waals surface area contributed by atoms with Gasteiger partial charge in [0.1, 0.15) is 6.04 Å². The lowest BCUT2D eigenvalue weighted by molar-refractivity contribution is -0.137. The number of carbonyl (C=O) groups excluding carboxylic acids is 4. The fourth-order valence-corrected chi connectivity index (χ4v) is 3.38. The van der Waals surface area contributed by atoms with Crippen molar-refractivity contribution in [2.24, 2.45) is 11.3 Å². The summed E-state index contributed by atoms with van der Waals surface area (Å²) in [5.41, 5.74) is 1.77. The molecule has 7 nitrogen and oxygen atoms in total. The van der Waals surface area contributed by atoms with Crippen LogP contribution in [0.2, 0.25) is 0 Å². The Hall–Kier alpha value is -2.70. The molecule has 1 saturated heterocycles. The molecule has 0 aliphatic carbocycles. The van der Waals surface area contributed by atoms with Gasteiger partial charge in [0.15, 0.2) is 0 Å². The van der Waals surface area contributed by atoms with Crippen molar-refractivity contribution in [3.8, 4) is 0 Å². The van der Waals surface area contributed by atoms with Crippen molar-refractivity contribution >= 4 is 23.6 Å². The highest BCUT2D eigenvalue weighted by atomic mass is 16.2. The molecular weight excluding hydrogens is 358 g/mol. The van der Waals surface area contributed by atoms with E-state index >= 15 is 0 Å². The van der Waals surface area contributed by atoms with Crippen LogP contribution >= 0.6 is 0 Å². The van der Waals surface area contributed by atoms with E-state index < -0.39 is 17.4 Å². The van der Waals surface area contributed by atoms with E-state index in [0.717, 1.165) is 11.1 Å². The van der Waals surface area contributed by atoms with Gasteiger partial charge in [0.25, 0.3) is 5.91 Å². The predicted octanol–water partition coefficient (Wildman–Crippen LogP) is 1.75. The summed E-state index contributed by atoms with van der Waals surface area (Å²) in [6.07, 6.45) is 0.580. The summed E-state index contributed by atoms with van der Waals surface area (Å²) in [5.74, 6) is -0.746. The molecule has 0 aromatic heterocycles. The summed E-state index contributed by atoms with van der Waals surface area (Å²) in [4.78, 5) is 50.3. The lowest BCUT2D eigenvalue weighted by Gasteiger charge is -2.29. The number of piperidine rings is 1. The molecule has 1 unspecified atom stereocenters. The Balaban J connectivity index is 1.70. The van der Waals surface area contributed by atoms with Crippen molar-refractivity contribution in [3.05, 3.63) is 34.9 Å². The van der Waals surface area contributed by atoms with Crippen LogP contribution in [0.3, 0.4) is 0 Å². The largest absolute Gasteiger partial charge is 0.352 e. The van der Waals surface area contributed by atoms with Crippen LogP contribution in [0.25, 0.3) is 0 Å². The molecule has 4 amide bonds. The van der Waals surface area contributed by atoms with Gasteiger partial charge in [0.2, 0.25) is 17.7 Å². The average molecular weight is 385 g/mol. The maximum absolute atomic E-state index is 12.8. The second-order valence-electron chi connectivity index (χ2n) is 8.45. The Morgan fingerprint density at radius 3 is 2.64 bits per heavy atom. The highest BCUT2D eigenvalue weighted by Crippen LogP contribution is 2.29. The van der Waals surface area contributed by atoms with Crippen LogP contribution in [0, 0.1) is 11.3 Å². The van der Waals surface area contributed by atoms with Crippen LogP contribution in [-0.2, 0) is 27.5 Å². The van der Waals surface area contributed by atoms with E-state index in [1.54, 1.807) is 6.07 Å². The number of fused-ring (bicyclic) bond motifs is 1. The zero-order chi connectivity index (χ0) is 20.6. The summed E-state index contributed by atoms with van der Waals surface area (Å²) in [7, 11) is 0. The molecule has 28 heavy (non-hydrogen) atoms. The molecule has 1 aromatic carbocycles. The summed E-state index contributed by atoms with van der Waals surface area (Å²) in [6.45, 7) is 8.55. The number of hydrogen-bond donors (Lipinski definition) is 2. The molecule has 0 radical (unpaired) electrons. The molecule has 150 valence electrons. The fourth-order valence-electron chi connectivity index (χ4n) is 3.38. The second kappa shape index (κ2) is 7.37. The minimum atomic E-state index is -0.618. The SMILES string of the molecule is CC(C)C(C)(C)C(=O)NCc1ccc2c(c1)C(=O)N(C1CCC(=O)NC1=O)C2. The minimum Gasteiger partial charge on any atom is -0.352 e. The standard InChI is InChI=1S/C21H27N3O4/c1-12(2)21(3,4)20(28)22-10-13-5-6-14-11-24(19(27)15(14)9-13)16-7-8-17(25)23-18(16)26/h5-6,9,12,16H,7-8,10-11H2,1-4H3,(H,22,28)(H,23,25,26). The van der Waals surface area contributed by atoms with Crippen LogP contribution in [0.1, 0.15) is 62.0 Å². The summed E-state index contributed by atoms with van der Waals surface area (Å²) >= 11 is 0. The van der Waals surface area contributed by atoms with Gasteiger partial charge in [0.05, 0.1) is 0 Å². The Morgan fingerprint density at radius 1 is 1.29 bits per heavy atom. The monoisotopic (exact) mass is 385 g/mol. The normalized spacial score (nSPS) is 19.7. The first-order valence-corrected chi connectivity index (χ1v) is 9.66. The summed E-state index contributed by atoms with van der Waals surface area (Å²) < 4.78 is 0. The van der Waals surface area contributed by atoms with Crippen LogP contribution in [0.15, 0.2) is 18.2 Å². The van der Waals surface area contributed by atoms with Crippen molar-refractivity contribution in [1.29, 1.82) is 0 Å². The maximum Gasteiger partial charge on any atom is 0.255 e. The Bertz CT molecular complexity index is 844. The Labute approximate surface area is 164 Å². The number of hydrogen-bond acceptors (Lipinski definition) is 4. The van der Waals surface area contributed by atoms with E-state index in [-0.39, 0.29) is 30.1 Å². The third-order valence-electron chi connectivity index (χ3n) is 6.07. The molecule has 0 saturated carbocycles. The van der Waals surface area contributed by atoms with Crippen molar-refractivity contribution in [2.75, 3.05) is 0 Å². The van der Waals surface area contributed by atoms with Crippen LogP contribution < -0.4 is 10.6 Å². The molecule has 2 aliphatic rings. The van der Waals surface area contributed by atoms with E-state index in [2.05, 4.69) is 10.6 Å². The molecule has 1 fully saturated rings. The Morgan fingerprint density at radius 2 is 2.00 bits per heavy atom. The molecule has 7 heteroatoms. The first-order chi connectivity index (χ1) is 13.1. The zero-order valence-electron chi connectivity index (χ0n) is 16.8. The van der Waals surface area contributed by atoms with E-state index in [0.29, 0.717) is 25.1 Å². The van der Waals surface area contributed by atoms with Crippen LogP contribution in [-0.4, -0.2) is 34.6 Å². The third-order valence-corrected chi connectivity index (χ3v) is 6.07. The van der Waals surface area contributed by atoms with E-state index in [1.165, 1.54) is 4.90 Å². The first kappa shape index (κ1) is 20.0. The van der Waals surface area contributed by atoms with E-state index in [9.17, 15) is 19.2 Å². The molecule has 1 aromatic rings. The van der Waals surface area contributed by atoms with Gasteiger partial charge in [-0.3, -0.25) is 24.5 Å². The number of imide groups is 1. The summed E-state index contributed by atoms with van der Waals surface area (Å²) in [5, 5.41) is 5.25. The molecule has 2 aliphatic heterocycles. The van der Waals surface area contributed by atoms with Gasteiger partial charge in [-0.2, -0.15) is 0 Å². The minimum absolute atomic E-state index is 0.0282. The fraction of sp³-hybridized carbons (Fsp3) is 0.524. The number of nitrogens with one attached hydrogen (secondary N) is 2. The molecule has 0 bridgehead atoms. The van der Waals surface area contributed by atoms with Gasteiger partial charge in [-0.15, -0.1) is 0 Å². The summed E-state index contributed by atoms with van der Waals surface area (Å²) in [6, 6.07) is 4.93. The molecule has 3 rings (SSSR count). The molecule has 1 atom stereocenters. The van der Waals surface area contributed by atoms with E-state index in [1.807, 2.05) is 39.8 Å². The van der Waals surface area contributed by atoms with Crippen molar-refractivity contribution in [2.45, 2.75) is 59.7 Å².